The van der Waals surface area contributed by atoms with Gasteiger partial charge in [0.25, 0.3) is 0 Å². The molecule has 2 N–H and O–H groups in total. The molecule has 0 saturated heterocycles. The van der Waals surface area contributed by atoms with E-state index in [-0.39, 0.29) is 0 Å². The second kappa shape index (κ2) is 6.98. The van der Waals surface area contributed by atoms with Gasteiger partial charge < -0.3 is 20.3 Å². The largest absolute Gasteiger partial charge is 0.378 e. The predicted octanol–water partition coefficient (Wildman–Crippen LogP) is 0.191. The van der Waals surface area contributed by atoms with Crippen LogP contribution < -0.4 is 10.6 Å². The van der Waals surface area contributed by atoms with Crippen molar-refractivity contribution in [3.63, 3.8) is 0 Å². The quantitative estimate of drug-likeness (QED) is 0.483. The molecule has 4 nitrogen and oxygen atoms in total. The van der Waals surface area contributed by atoms with Crippen LogP contribution in [0.4, 0.5) is 0 Å². The summed E-state index contributed by atoms with van der Waals surface area (Å²) < 4.78 is 5.42. The number of ether oxygens (including phenoxy) is 1. The number of hydrogen-bond acceptors (Lipinski definition) is 3. The lowest BCUT2D eigenvalue weighted by Gasteiger charge is -2.11. The monoisotopic (exact) mass is 231 g/mol. The molecule has 0 amide bonds. The number of hydrogen-bond donors (Lipinski definition) is 2. The summed E-state index contributed by atoms with van der Waals surface area (Å²) in [5.41, 5.74) is 0. The Kier molecular flexibility index (Phi) is 5.90. The molecule has 88 valence electrons. The van der Waals surface area contributed by atoms with Gasteiger partial charge in [0.1, 0.15) is 0 Å². The topological polar surface area (TPSA) is 36.5 Å². The summed E-state index contributed by atoms with van der Waals surface area (Å²) >= 11 is 5.10. The fourth-order valence-electron chi connectivity index (χ4n) is 1.05. The van der Waals surface area contributed by atoms with Crippen LogP contribution in [0.25, 0.3) is 0 Å². The van der Waals surface area contributed by atoms with Crippen LogP contribution in [0.5, 0.6) is 0 Å². The van der Waals surface area contributed by atoms with Gasteiger partial charge in [-0.25, -0.2) is 0 Å². The van der Waals surface area contributed by atoms with Crippen LogP contribution in [0, 0.1) is 0 Å². The summed E-state index contributed by atoms with van der Waals surface area (Å²) in [5, 5.41) is 7.10. The summed E-state index contributed by atoms with van der Waals surface area (Å²) in [7, 11) is 4.08. The molecule has 0 spiro atoms. The maximum atomic E-state index is 5.42. The molecule has 5 heteroatoms. The zero-order valence-corrected chi connectivity index (χ0v) is 10.4. The van der Waals surface area contributed by atoms with E-state index in [1.165, 1.54) is 12.8 Å². The first-order valence-corrected chi connectivity index (χ1v) is 5.86. The molecule has 0 aromatic carbocycles. The average Bonchev–Trinajstić information content (AvgIpc) is 2.94. The van der Waals surface area contributed by atoms with E-state index >= 15 is 0 Å². The van der Waals surface area contributed by atoms with Gasteiger partial charge >= 0.3 is 0 Å². The summed E-state index contributed by atoms with van der Waals surface area (Å²) in [6.45, 7) is 3.23. The minimum atomic E-state index is 0.625. The smallest absolute Gasteiger partial charge is 0.166 e. The van der Waals surface area contributed by atoms with E-state index in [9.17, 15) is 0 Å². The van der Waals surface area contributed by atoms with Crippen LogP contribution in [-0.4, -0.2) is 56.5 Å². The second-order valence-electron chi connectivity index (χ2n) is 4.09. The third-order valence-corrected chi connectivity index (χ3v) is 2.39. The third kappa shape index (κ3) is 7.53. The third-order valence-electron chi connectivity index (χ3n) is 2.13. The molecule has 0 aliphatic heterocycles. The summed E-state index contributed by atoms with van der Waals surface area (Å²) in [6.07, 6.45) is 2.50. The van der Waals surface area contributed by atoms with Crippen molar-refractivity contribution in [3.8, 4) is 0 Å². The van der Waals surface area contributed by atoms with Gasteiger partial charge in [-0.1, -0.05) is 0 Å². The molecular formula is C10H21N3OS. The number of likely N-dealkylation sites (N-methyl/N-ethyl adjacent to an activating group) is 1. The van der Waals surface area contributed by atoms with Crippen LogP contribution >= 0.6 is 12.2 Å². The van der Waals surface area contributed by atoms with Crippen molar-refractivity contribution < 1.29 is 4.74 Å². The first-order valence-electron chi connectivity index (χ1n) is 5.45. The molecule has 15 heavy (non-hydrogen) atoms. The minimum absolute atomic E-state index is 0.625. The Morgan fingerprint density at radius 2 is 2.13 bits per heavy atom. The van der Waals surface area contributed by atoms with Gasteiger partial charge in [0.15, 0.2) is 5.11 Å². The zero-order valence-electron chi connectivity index (χ0n) is 9.58. The Labute approximate surface area is 97.3 Å². The van der Waals surface area contributed by atoms with Crippen LogP contribution in [0.3, 0.4) is 0 Å². The summed E-state index contributed by atoms with van der Waals surface area (Å²) in [6, 6.07) is 0.625. The summed E-state index contributed by atoms with van der Waals surface area (Å²) in [5.74, 6) is 0. The van der Waals surface area contributed by atoms with Gasteiger partial charge in [-0.3, -0.25) is 0 Å². The second-order valence-corrected chi connectivity index (χ2v) is 4.50. The van der Waals surface area contributed by atoms with Crippen LogP contribution in [0.2, 0.25) is 0 Å². The lowest BCUT2D eigenvalue weighted by molar-refractivity contribution is 0.122. The minimum Gasteiger partial charge on any atom is -0.378 e. The molecule has 1 fully saturated rings. The van der Waals surface area contributed by atoms with E-state index in [1.807, 2.05) is 14.1 Å². The van der Waals surface area contributed by atoms with E-state index < -0.39 is 0 Å². The first-order chi connectivity index (χ1) is 7.18. The van der Waals surface area contributed by atoms with E-state index in [4.69, 9.17) is 17.0 Å². The van der Waals surface area contributed by atoms with Gasteiger partial charge in [0.05, 0.1) is 13.2 Å². The van der Waals surface area contributed by atoms with Crippen LogP contribution in [0.1, 0.15) is 12.8 Å². The highest BCUT2D eigenvalue weighted by atomic mass is 32.1. The highest BCUT2D eigenvalue weighted by Gasteiger charge is 2.21. The fraction of sp³-hybridized carbons (Fsp3) is 0.900. The Hall–Kier alpha value is -0.390. The molecule has 0 atom stereocenters. The van der Waals surface area contributed by atoms with Crippen LogP contribution in [0.15, 0.2) is 0 Å². The number of rotatable bonds is 7. The molecule has 1 rings (SSSR count). The fourth-order valence-corrected chi connectivity index (χ4v) is 1.32. The maximum Gasteiger partial charge on any atom is 0.166 e. The van der Waals surface area contributed by atoms with Gasteiger partial charge in [-0.2, -0.15) is 0 Å². The highest BCUT2D eigenvalue weighted by Crippen LogP contribution is 2.18. The lowest BCUT2D eigenvalue weighted by atomic mass is 10.6. The number of nitrogens with one attached hydrogen (secondary N) is 2. The predicted molar refractivity (Wildman–Crippen MR) is 66.1 cm³/mol. The number of thiocarbonyl (C=S) groups is 1. The van der Waals surface area contributed by atoms with Crippen molar-refractivity contribution in [1.29, 1.82) is 0 Å². The molecule has 0 radical (unpaired) electrons. The molecule has 0 aromatic rings. The average molecular weight is 231 g/mol. The van der Waals surface area contributed by atoms with Crippen LogP contribution in [-0.2, 0) is 4.74 Å². The van der Waals surface area contributed by atoms with E-state index in [0.717, 1.165) is 24.8 Å². The van der Waals surface area contributed by atoms with Crippen molar-refractivity contribution in [2.75, 3.05) is 40.4 Å². The Morgan fingerprint density at radius 3 is 2.73 bits per heavy atom. The zero-order chi connectivity index (χ0) is 11.1. The van der Waals surface area contributed by atoms with Gasteiger partial charge in [0, 0.05) is 19.1 Å². The SMILES string of the molecule is CN(C)CCOCCNC(=S)NC1CC1. The normalized spacial score (nSPS) is 15.4. The van der Waals surface area contributed by atoms with E-state index in [2.05, 4.69) is 15.5 Å². The van der Waals surface area contributed by atoms with Crippen molar-refractivity contribution >= 4 is 17.3 Å². The molecule has 0 bridgehead atoms. The molecule has 0 unspecified atom stereocenters. The number of nitrogens with zero attached hydrogens (tertiary/aromatic N) is 1. The molecule has 0 aromatic heterocycles. The lowest BCUT2D eigenvalue weighted by Crippen LogP contribution is -2.38. The van der Waals surface area contributed by atoms with E-state index in [1.54, 1.807) is 0 Å². The summed E-state index contributed by atoms with van der Waals surface area (Å²) in [4.78, 5) is 2.10. The first kappa shape index (κ1) is 12.7. The van der Waals surface area contributed by atoms with E-state index in [0.29, 0.717) is 12.6 Å². The van der Waals surface area contributed by atoms with Crippen molar-refractivity contribution in [1.82, 2.24) is 15.5 Å². The van der Waals surface area contributed by atoms with Crippen molar-refractivity contribution in [2.45, 2.75) is 18.9 Å². The Morgan fingerprint density at radius 1 is 1.40 bits per heavy atom. The molecular weight excluding hydrogens is 210 g/mol. The van der Waals surface area contributed by atoms with Gasteiger partial charge in [0.2, 0.25) is 0 Å². The molecule has 1 aliphatic rings. The molecule has 1 saturated carbocycles. The maximum absolute atomic E-state index is 5.42. The molecule has 1 aliphatic carbocycles. The highest BCUT2D eigenvalue weighted by molar-refractivity contribution is 7.80. The molecule has 0 heterocycles. The van der Waals surface area contributed by atoms with Gasteiger partial charge in [-0.05, 0) is 39.2 Å². The van der Waals surface area contributed by atoms with Crippen molar-refractivity contribution in [2.24, 2.45) is 0 Å². The standard InChI is InChI=1S/C10H21N3OS/c1-13(2)6-8-14-7-5-11-10(15)12-9-3-4-9/h9H,3-8H2,1-2H3,(H2,11,12,15). The Bertz CT molecular complexity index is 195. The Balaban J connectivity index is 1.81. The van der Waals surface area contributed by atoms with Gasteiger partial charge in [-0.15, -0.1) is 0 Å². The van der Waals surface area contributed by atoms with Crippen molar-refractivity contribution in [3.05, 3.63) is 0 Å².